The van der Waals surface area contributed by atoms with Gasteiger partial charge in [0, 0.05) is 18.1 Å². The Morgan fingerprint density at radius 2 is 2.25 bits per heavy atom. The molecule has 4 nitrogen and oxygen atoms in total. The molecule has 3 rings (SSSR count). The number of fused-ring (bicyclic) bond motifs is 1. The van der Waals surface area contributed by atoms with Crippen molar-refractivity contribution in [2.45, 2.75) is 50.9 Å². The number of nitrogens with zero attached hydrogens (tertiary/aromatic N) is 1. The van der Waals surface area contributed by atoms with Crippen LogP contribution in [0, 0.1) is 0 Å². The van der Waals surface area contributed by atoms with Gasteiger partial charge in [0.25, 0.3) is 0 Å². The summed E-state index contributed by atoms with van der Waals surface area (Å²) in [5.74, 6) is 0. The minimum absolute atomic E-state index is 0.108. The number of ether oxygens (including phenoxy) is 1. The lowest BCUT2D eigenvalue weighted by Crippen LogP contribution is -2.42. The first-order chi connectivity index (χ1) is 11.6. The number of hydrogen-bond donors (Lipinski definition) is 2. The van der Waals surface area contributed by atoms with Crippen molar-refractivity contribution in [3.63, 3.8) is 0 Å². The van der Waals surface area contributed by atoms with E-state index >= 15 is 0 Å². The van der Waals surface area contributed by atoms with Gasteiger partial charge in [0.1, 0.15) is 5.01 Å². The number of aliphatic hydroxyl groups is 1. The van der Waals surface area contributed by atoms with Gasteiger partial charge in [-0.25, -0.2) is 4.98 Å². The molecule has 0 fully saturated rings. The van der Waals surface area contributed by atoms with Gasteiger partial charge in [0.2, 0.25) is 0 Å². The molecule has 2 atom stereocenters. The Kier molecular flexibility index (Phi) is 5.66. The molecule has 2 aromatic rings. The number of thiazole rings is 1. The van der Waals surface area contributed by atoms with E-state index in [0.717, 1.165) is 24.3 Å². The van der Waals surface area contributed by atoms with Gasteiger partial charge in [-0.1, -0.05) is 24.3 Å². The van der Waals surface area contributed by atoms with E-state index in [1.54, 1.807) is 11.3 Å². The lowest BCUT2D eigenvalue weighted by Gasteiger charge is -2.28. The largest absolute Gasteiger partial charge is 0.389 e. The number of rotatable bonds is 7. The van der Waals surface area contributed by atoms with Crippen LogP contribution in [-0.2, 0) is 16.7 Å². The fraction of sp³-hybridized carbons (Fsp3) is 0.526. The fourth-order valence-corrected chi connectivity index (χ4v) is 3.89. The average molecular weight is 346 g/mol. The predicted octanol–water partition coefficient (Wildman–Crippen LogP) is 3.42. The molecule has 130 valence electrons. The van der Waals surface area contributed by atoms with E-state index in [9.17, 15) is 5.11 Å². The smallest absolute Gasteiger partial charge is 0.112 e. The zero-order chi connectivity index (χ0) is 17.0. The summed E-state index contributed by atoms with van der Waals surface area (Å²) in [6.07, 6.45) is 4.69. The van der Waals surface area contributed by atoms with Crippen LogP contribution in [0.4, 0.5) is 0 Å². The molecule has 24 heavy (non-hydrogen) atoms. The second-order valence-corrected chi connectivity index (χ2v) is 7.80. The van der Waals surface area contributed by atoms with Crippen molar-refractivity contribution in [1.82, 2.24) is 10.3 Å². The first-order valence-corrected chi connectivity index (χ1v) is 9.47. The first kappa shape index (κ1) is 17.5. The quantitative estimate of drug-likeness (QED) is 0.806. The SMILES string of the molecule is CC(C)(NC[C@H](O)CO[C@H]1CCCc2ccccc21)c1nccs1. The standard InChI is InChI=1S/C19H26N2O2S/c1-19(2,18-20-10-11-24-18)21-12-15(22)13-23-17-9-5-7-14-6-3-4-8-16(14)17/h3-4,6,8,10-11,15,17,21-22H,5,7,9,12-13H2,1-2H3/t15-,17-/m0/s1. The normalized spacial score (nSPS) is 19.0. The van der Waals surface area contributed by atoms with Crippen LogP contribution in [0.25, 0.3) is 0 Å². The van der Waals surface area contributed by atoms with E-state index in [-0.39, 0.29) is 11.6 Å². The molecule has 0 amide bonds. The van der Waals surface area contributed by atoms with Crippen LogP contribution < -0.4 is 5.32 Å². The van der Waals surface area contributed by atoms with Gasteiger partial charge in [-0.05, 0) is 44.2 Å². The van der Waals surface area contributed by atoms with Gasteiger partial charge in [0.15, 0.2) is 0 Å². The second kappa shape index (κ2) is 7.74. The van der Waals surface area contributed by atoms with E-state index in [1.807, 2.05) is 11.6 Å². The topological polar surface area (TPSA) is 54.4 Å². The lowest BCUT2D eigenvalue weighted by molar-refractivity contribution is -0.0185. The van der Waals surface area contributed by atoms with E-state index in [0.29, 0.717) is 13.2 Å². The highest BCUT2D eigenvalue weighted by atomic mass is 32.1. The Morgan fingerprint density at radius 1 is 1.42 bits per heavy atom. The minimum atomic E-state index is -0.529. The van der Waals surface area contributed by atoms with Gasteiger partial charge in [-0.3, -0.25) is 0 Å². The van der Waals surface area contributed by atoms with E-state index < -0.39 is 6.10 Å². The number of aromatic nitrogens is 1. The van der Waals surface area contributed by atoms with Gasteiger partial charge >= 0.3 is 0 Å². The fourth-order valence-electron chi connectivity index (χ4n) is 3.15. The minimum Gasteiger partial charge on any atom is -0.389 e. The third-order valence-electron chi connectivity index (χ3n) is 4.55. The third kappa shape index (κ3) is 4.22. The molecule has 5 heteroatoms. The van der Waals surface area contributed by atoms with Gasteiger partial charge < -0.3 is 15.2 Å². The van der Waals surface area contributed by atoms with Gasteiger partial charge in [0.05, 0.1) is 24.4 Å². The van der Waals surface area contributed by atoms with E-state index in [1.165, 1.54) is 11.1 Å². The summed E-state index contributed by atoms with van der Waals surface area (Å²) >= 11 is 1.62. The Balaban J connectivity index is 1.49. The Labute approximate surface area is 147 Å². The molecule has 1 aliphatic rings. The molecule has 0 bridgehead atoms. The Bertz CT molecular complexity index is 643. The number of aryl methyl sites for hydroxylation is 1. The molecule has 2 N–H and O–H groups in total. The van der Waals surface area contributed by atoms with Crippen LogP contribution >= 0.6 is 11.3 Å². The summed E-state index contributed by atoms with van der Waals surface area (Å²) in [6.45, 7) is 4.99. The molecule has 0 saturated carbocycles. The maximum atomic E-state index is 10.3. The number of benzene rings is 1. The highest BCUT2D eigenvalue weighted by Crippen LogP contribution is 2.32. The van der Waals surface area contributed by atoms with Crippen molar-refractivity contribution >= 4 is 11.3 Å². The molecule has 0 aliphatic heterocycles. The van der Waals surface area contributed by atoms with Crippen molar-refractivity contribution in [3.05, 3.63) is 52.0 Å². The molecular formula is C19H26N2O2S. The predicted molar refractivity (Wildman–Crippen MR) is 97.2 cm³/mol. The zero-order valence-electron chi connectivity index (χ0n) is 14.4. The van der Waals surface area contributed by atoms with Crippen LogP contribution in [0.3, 0.4) is 0 Å². The average Bonchev–Trinajstić information content (AvgIpc) is 3.14. The highest BCUT2D eigenvalue weighted by Gasteiger charge is 2.25. The molecule has 1 aliphatic carbocycles. The highest BCUT2D eigenvalue weighted by molar-refractivity contribution is 7.09. The number of hydrogen-bond acceptors (Lipinski definition) is 5. The monoisotopic (exact) mass is 346 g/mol. The van der Waals surface area contributed by atoms with Crippen molar-refractivity contribution in [1.29, 1.82) is 0 Å². The maximum absolute atomic E-state index is 10.3. The second-order valence-electron chi connectivity index (χ2n) is 6.91. The summed E-state index contributed by atoms with van der Waals surface area (Å²) in [5.41, 5.74) is 2.42. The van der Waals surface area contributed by atoms with Gasteiger partial charge in [-0.2, -0.15) is 0 Å². The molecule has 1 aromatic carbocycles. The van der Waals surface area contributed by atoms with Crippen LogP contribution in [0.1, 0.15) is 48.9 Å². The number of aliphatic hydroxyl groups excluding tert-OH is 1. The van der Waals surface area contributed by atoms with Crippen LogP contribution in [-0.4, -0.2) is 29.3 Å². The van der Waals surface area contributed by atoms with Crippen molar-refractivity contribution in [2.75, 3.05) is 13.2 Å². The molecule has 0 radical (unpaired) electrons. The van der Waals surface area contributed by atoms with Crippen molar-refractivity contribution < 1.29 is 9.84 Å². The summed E-state index contributed by atoms with van der Waals surface area (Å²) in [6, 6.07) is 8.48. The first-order valence-electron chi connectivity index (χ1n) is 8.59. The van der Waals surface area contributed by atoms with Gasteiger partial charge in [-0.15, -0.1) is 11.3 Å². The molecule has 1 heterocycles. The summed E-state index contributed by atoms with van der Waals surface area (Å²) in [4.78, 5) is 4.35. The van der Waals surface area contributed by atoms with E-state index in [2.05, 4.69) is 48.4 Å². The van der Waals surface area contributed by atoms with Crippen molar-refractivity contribution in [3.8, 4) is 0 Å². The third-order valence-corrected chi connectivity index (χ3v) is 5.65. The summed E-state index contributed by atoms with van der Waals surface area (Å²) in [7, 11) is 0. The van der Waals surface area contributed by atoms with Crippen LogP contribution in [0.15, 0.2) is 35.8 Å². The summed E-state index contributed by atoms with van der Waals surface area (Å²) in [5, 5.41) is 16.7. The molecule has 0 spiro atoms. The molecular weight excluding hydrogens is 320 g/mol. The zero-order valence-corrected chi connectivity index (χ0v) is 15.2. The molecule has 1 aromatic heterocycles. The van der Waals surface area contributed by atoms with Crippen LogP contribution in [0.2, 0.25) is 0 Å². The maximum Gasteiger partial charge on any atom is 0.112 e. The van der Waals surface area contributed by atoms with Crippen molar-refractivity contribution in [2.24, 2.45) is 0 Å². The summed E-state index contributed by atoms with van der Waals surface area (Å²) < 4.78 is 6.02. The van der Waals surface area contributed by atoms with E-state index in [4.69, 9.17) is 4.74 Å². The van der Waals surface area contributed by atoms with Crippen LogP contribution in [0.5, 0.6) is 0 Å². The number of nitrogens with one attached hydrogen (secondary N) is 1. The molecule has 0 saturated heterocycles. The lowest BCUT2D eigenvalue weighted by atomic mass is 9.89. The molecule has 0 unspecified atom stereocenters. The Hall–Kier alpha value is -1.27. The Morgan fingerprint density at radius 3 is 3.04 bits per heavy atom.